The Morgan fingerprint density at radius 1 is 0.895 bits per heavy atom. The Bertz CT molecular complexity index is 738. The number of nitrogens with zero attached hydrogens (tertiary/aromatic N) is 2. The second-order valence-electron chi connectivity index (χ2n) is 4.44. The Morgan fingerprint density at radius 3 is 2.47 bits per heavy atom. The Kier molecular flexibility index (Phi) is 2.88. The van der Waals surface area contributed by atoms with Crippen LogP contribution in [-0.4, -0.2) is 17.1 Å². The third-order valence-corrected chi connectivity index (χ3v) is 3.06. The van der Waals surface area contributed by atoms with Crippen LogP contribution in [0.25, 0.3) is 22.0 Å². The first kappa shape index (κ1) is 11.7. The van der Waals surface area contributed by atoms with E-state index in [-0.39, 0.29) is 0 Å². The molecule has 0 aliphatic rings. The summed E-state index contributed by atoms with van der Waals surface area (Å²) in [6, 6.07) is 17.0. The average molecular weight is 250 g/mol. The summed E-state index contributed by atoms with van der Waals surface area (Å²) < 4.78 is 5.12. The Labute approximate surface area is 111 Å². The zero-order chi connectivity index (χ0) is 13.2. The SMILES string of the molecule is COc1nc(C)cc(-c2ccc3ccccc3c2)n1. The van der Waals surface area contributed by atoms with Crippen LogP contribution in [0.1, 0.15) is 5.69 Å². The van der Waals surface area contributed by atoms with E-state index in [0.717, 1.165) is 17.0 Å². The molecule has 0 unspecified atom stereocenters. The summed E-state index contributed by atoms with van der Waals surface area (Å²) >= 11 is 0. The predicted molar refractivity (Wildman–Crippen MR) is 76.3 cm³/mol. The van der Waals surface area contributed by atoms with Gasteiger partial charge in [-0.05, 0) is 29.8 Å². The topological polar surface area (TPSA) is 35.0 Å². The van der Waals surface area contributed by atoms with Gasteiger partial charge >= 0.3 is 6.01 Å². The van der Waals surface area contributed by atoms with Crippen LogP contribution >= 0.6 is 0 Å². The summed E-state index contributed by atoms with van der Waals surface area (Å²) in [6.45, 7) is 1.94. The highest BCUT2D eigenvalue weighted by atomic mass is 16.5. The normalized spacial score (nSPS) is 10.6. The molecule has 1 aromatic heterocycles. The molecule has 0 aliphatic heterocycles. The second kappa shape index (κ2) is 4.69. The van der Waals surface area contributed by atoms with Gasteiger partial charge in [-0.1, -0.05) is 36.4 Å². The number of hydrogen-bond acceptors (Lipinski definition) is 3. The fourth-order valence-electron chi connectivity index (χ4n) is 2.13. The van der Waals surface area contributed by atoms with Crippen molar-refractivity contribution in [3.8, 4) is 17.3 Å². The number of aryl methyl sites for hydroxylation is 1. The predicted octanol–water partition coefficient (Wildman–Crippen LogP) is 3.61. The highest BCUT2D eigenvalue weighted by molar-refractivity contribution is 5.86. The Hall–Kier alpha value is -2.42. The molecule has 0 atom stereocenters. The van der Waals surface area contributed by atoms with Gasteiger partial charge < -0.3 is 4.74 Å². The van der Waals surface area contributed by atoms with Gasteiger partial charge in [-0.2, -0.15) is 4.98 Å². The molecule has 0 radical (unpaired) electrons. The van der Waals surface area contributed by atoms with Crippen LogP contribution in [-0.2, 0) is 0 Å². The summed E-state index contributed by atoms with van der Waals surface area (Å²) in [5, 5.41) is 2.43. The molecular weight excluding hydrogens is 236 g/mol. The molecule has 0 spiro atoms. The fourth-order valence-corrected chi connectivity index (χ4v) is 2.13. The lowest BCUT2D eigenvalue weighted by molar-refractivity contribution is 0.379. The molecule has 0 N–H and O–H groups in total. The summed E-state index contributed by atoms with van der Waals surface area (Å²) in [5.41, 5.74) is 2.85. The lowest BCUT2D eigenvalue weighted by Crippen LogP contribution is -1.96. The van der Waals surface area contributed by atoms with E-state index in [1.165, 1.54) is 10.8 Å². The van der Waals surface area contributed by atoms with E-state index in [0.29, 0.717) is 6.01 Å². The van der Waals surface area contributed by atoms with Crippen molar-refractivity contribution in [2.45, 2.75) is 6.92 Å². The molecule has 1 heterocycles. The van der Waals surface area contributed by atoms with E-state index in [9.17, 15) is 0 Å². The van der Waals surface area contributed by atoms with Gasteiger partial charge in [-0.15, -0.1) is 0 Å². The van der Waals surface area contributed by atoms with E-state index in [2.05, 4.69) is 40.3 Å². The first-order chi connectivity index (χ1) is 9.26. The van der Waals surface area contributed by atoms with Crippen molar-refractivity contribution >= 4 is 10.8 Å². The Balaban J connectivity index is 2.15. The molecule has 3 heteroatoms. The largest absolute Gasteiger partial charge is 0.467 e. The number of hydrogen-bond donors (Lipinski definition) is 0. The first-order valence-electron chi connectivity index (χ1n) is 6.15. The number of methoxy groups -OCH3 is 1. The van der Waals surface area contributed by atoms with Crippen LogP contribution in [0.5, 0.6) is 6.01 Å². The van der Waals surface area contributed by atoms with E-state index >= 15 is 0 Å². The molecule has 3 nitrogen and oxygen atoms in total. The van der Waals surface area contributed by atoms with Crippen LogP contribution in [0, 0.1) is 6.92 Å². The van der Waals surface area contributed by atoms with Gasteiger partial charge in [0.1, 0.15) is 0 Å². The summed E-state index contributed by atoms with van der Waals surface area (Å²) in [7, 11) is 1.58. The van der Waals surface area contributed by atoms with E-state index in [4.69, 9.17) is 4.74 Å². The van der Waals surface area contributed by atoms with Gasteiger partial charge in [0.2, 0.25) is 0 Å². The molecule has 94 valence electrons. The number of benzene rings is 2. The van der Waals surface area contributed by atoms with Gasteiger partial charge in [0.05, 0.1) is 12.8 Å². The lowest BCUT2D eigenvalue weighted by atomic mass is 10.0. The zero-order valence-electron chi connectivity index (χ0n) is 10.9. The molecule has 3 aromatic rings. The van der Waals surface area contributed by atoms with Crippen molar-refractivity contribution < 1.29 is 4.74 Å². The second-order valence-corrected chi connectivity index (χ2v) is 4.44. The zero-order valence-corrected chi connectivity index (χ0v) is 10.9. The third kappa shape index (κ3) is 2.27. The summed E-state index contributed by atoms with van der Waals surface area (Å²) in [5.74, 6) is 0. The standard InChI is InChI=1S/C16H14N2O/c1-11-9-15(18-16(17-11)19-2)14-8-7-12-5-3-4-6-13(12)10-14/h3-10H,1-2H3. The minimum atomic E-state index is 0.406. The summed E-state index contributed by atoms with van der Waals surface area (Å²) in [4.78, 5) is 8.60. The molecule has 0 saturated carbocycles. The lowest BCUT2D eigenvalue weighted by Gasteiger charge is -2.06. The maximum absolute atomic E-state index is 5.12. The maximum Gasteiger partial charge on any atom is 0.316 e. The molecular formula is C16H14N2O. The molecule has 3 rings (SSSR count). The average Bonchev–Trinajstić information content (AvgIpc) is 2.46. The molecule has 0 bridgehead atoms. The van der Waals surface area contributed by atoms with Crippen LogP contribution < -0.4 is 4.74 Å². The molecule has 0 amide bonds. The van der Waals surface area contributed by atoms with E-state index in [1.807, 2.05) is 25.1 Å². The van der Waals surface area contributed by atoms with Crippen molar-refractivity contribution in [3.05, 3.63) is 54.2 Å². The first-order valence-corrected chi connectivity index (χ1v) is 6.15. The van der Waals surface area contributed by atoms with Gasteiger partial charge in [-0.25, -0.2) is 4.98 Å². The van der Waals surface area contributed by atoms with Crippen LogP contribution in [0.3, 0.4) is 0 Å². The smallest absolute Gasteiger partial charge is 0.316 e. The van der Waals surface area contributed by atoms with E-state index in [1.54, 1.807) is 7.11 Å². The number of aromatic nitrogens is 2. The molecule has 0 saturated heterocycles. The van der Waals surface area contributed by atoms with Crippen LogP contribution in [0.15, 0.2) is 48.5 Å². The minimum Gasteiger partial charge on any atom is -0.467 e. The number of fused-ring (bicyclic) bond motifs is 1. The van der Waals surface area contributed by atoms with Gasteiger partial charge in [0.15, 0.2) is 0 Å². The van der Waals surface area contributed by atoms with Crippen molar-refractivity contribution in [1.82, 2.24) is 9.97 Å². The highest BCUT2D eigenvalue weighted by Gasteiger charge is 2.05. The van der Waals surface area contributed by atoms with Crippen LogP contribution in [0.4, 0.5) is 0 Å². The molecule has 0 aliphatic carbocycles. The quantitative estimate of drug-likeness (QED) is 0.696. The maximum atomic E-state index is 5.12. The third-order valence-electron chi connectivity index (χ3n) is 3.06. The van der Waals surface area contributed by atoms with Gasteiger partial charge in [0.25, 0.3) is 0 Å². The van der Waals surface area contributed by atoms with Gasteiger partial charge in [-0.3, -0.25) is 0 Å². The molecule has 19 heavy (non-hydrogen) atoms. The summed E-state index contributed by atoms with van der Waals surface area (Å²) in [6.07, 6.45) is 0. The Morgan fingerprint density at radius 2 is 1.68 bits per heavy atom. The van der Waals surface area contributed by atoms with Crippen LogP contribution in [0.2, 0.25) is 0 Å². The van der Waals surface area contributed by atoms with Crippen molar-refractivity contribution in [1.29, 1.82) is 0 Å². The van der Waals surface area contributed by atoms with E-state index < -0.39 is 0 Å². The highest BCUT2D eigenvalue weighted by Crippen LogP contribution is 2.24. The van der Waals surface area contributed by atoms with Crippen molar-refractivity contribution in [2.75, 3.05) is 7.11 Å². The molecule has 0 fully saturated rings. The number of ether oxygens (including phenoxy) is 1. The number of rotatable bonds is 2. The fraction of sp³-hybridized carbons (Fsp3) is 0.125. The van der Waals surface area contributed by atoms with Gasteiger partial charge in [0, 0.05) is 11.3 Å². The monoisotopic (exact) mass is 250 g/mol. The molecule has 2 aromatic carbocycles. The van der Waals surface area contributed by atoms with Crippen molar-refractivity contribution in [2.24, 2.45) is 0 Å². The van der Waals surface area contributed by atoms with Crippen molar-refractivity contribution in [3.63, 3.8) is 0 Å². The minimum absolute atomic E-state index is 0.406.